The molecule has 0 aliphatic heterocycles. The van der Waals surface area contributed by atoms with E-state index in [0.717, 1.165) is 27.5 Å². The minimum Gasteiger partial charge on any atom is -0.357 e. The number of hydrogen-bond donors (Lipinski definition) is 2. The second-order valence-electron chi connectivity index (χ2n) is 10.3. The van der Waals surface area contributed by atoms with Crippen LogP contribution in [0.3, 0.4) is 0 Å². The lowest BCUT2D eigenvalue weighted by molar-refractivity contribution is -0.142. The van der Waals surface area contributed by atoms with Gasteiger partial charge in [0.2, 0.25) is 11.8 Å². The third kappa shape index (κ3) is 7.18. The van der Waals surface area contributed by atoms with Crippen molar-refractivity contribution in [2.45, 2.75) is 31.5 Å². The van der Waals surface area contributed by atoms with Crippen LogP contribution in [0.2, 0.25) is 0 Å². The summed E-state index contributed by atoms with van der Waals surface area (Å²) in [5.74, 6) is -0.817. The third-order valence-electron chi connectivity index (χ3n) is 7.51. The summed E-state index contributed by atoms with van der Waals surface area (Å²) in [6.07, 6.45) is 0.660. The number of carbonyl (C=O) groups excluding carboxylic acids is 3. The molecule has 0 fully saturated rings. The van der Waals surface area contributed by atoms with E-state index in [4.69, 9.17) is 0 Å². The molecule has 0 radical (unpaired) electrons. The van der Waals surface area contributed by atoms with E-state index >= 15 is 0 Å². The largest absolute Gasteiger partial charge is 0.357 e. The quantitative estimate of drug-likeness (QED) is 0.295. The summed E-state index contributed by atoms with van der Waals surface area (Å²) < 4.78 is 0. The molecule has 0 bridgehead atoms. The molecule has 212 valence electrons. The average Bonchev–Trinajstić information content (AvgIpc) is 3.01. The second kappa shape index (κ2) is 13.7. The lowest BCUT2D eigenvalue weighted by atomic mass is 9.98. The van der Waals surface area contributed by atoms with Crippen LogP contribution in [0, 0.1) is 0 Å². The molecule has 0 saturated heterocycles. The molecule has 4 rings (SSSR count). The number of hydrogen-bond acceptors (Lipinski definition) is 4. The van der Waals surface area contributed by atoms with Crippen molar-refractivity contribution < 1.29 is 14.4 Å². The average molecular weight is 551 g/mol. The van der Waals surface area contributed by atoms with Gasteiger partial charge in [0, 0.05) is 46.1 Å². The standard InChI is InChI=1S/C34H38N4O3/c1-35-23-26-13-10-16-29(20-26)33(40)38(4)31(22-25-17-18-27-14-8-9-15-28(27)19-25)34(41)37(3)30(32(39)36-2)21-24-11-6-5-7-12-24/h5-20,30-31,35H,21-23H2,1-4H3,(H,36,39)/t30-,31-/m1/s1. The molecule has 7 heteroatoms. The van der Waals surface area contributed by atoms with Gasteiger partial charge in [-0.15, -0.1) is 0 Å². The van der Waals surface area contributed by atoms with Crippen molar-refractivity contribution in [1.82, 2.24) is 20.4 Å². The highest BCUT2D eigenvalue weighted by molar-refractivity contribution is 5.98. The summed E-state index contributed by atoms with van der Waals surface area (Å²) in [5.41, 5.74) is 3.35. The number of amides is 3. The van der Waals surface area contributed by atoms with Crippen LogP contribution in [0.15, 0.2) is 97.1 Å². The van der Waals surface area contributed by atoms with E-state index in [0.29, 0.717) is 24.9 Å². The van der Waals surface area contributed by atoms with E-state index in [-0.39, 0.29) is 17.7 Å². The maximum atomic E-state index is 14.3. The molecule has 4 aromatic carbocycles. The van der Waals surface area contributed by atoms with E-state index in [9.17, 15) is 14.4 Å². The van der Waals surface area contributed by atoms with Crippen LogP contribution in [0.5, 0.6) is 0 Å². The van der Waals surface area contributed by atoms with Gasteiger partial charge in [-0.1, -0.05) is 84.9 Å². The van der Waals surface area contributed by atoms with Crippen LogP contribution < -0.4 is 10.6 Å². The van der Waals surface area contributed by atoms with Crippen LogP contribution in [0.4, 0.5) is 0 Å². The fourth-order valence-corrected chi connectivity index (χ4v) is 5.14. The number of nitrogens with zero attached hydrogens (tertiary/aromatic N) is 2. The maximum Gasteiger partial charge on any atom is 0.254 e. The van der Waals surface area contributed by atoms with Gasteiger partial charge in [0.15, 0.2) is 0 Å². The topological polar surface area (TPSA) is 81.8 Å². The van der Waals surface area contributed by atoms with Crippen molar-refractivity contribution in [2.75, 3.05) is 28.2 Å². The first-order valence-electron chi connectivity index (χ1n) is 13.8. The first-order chi connectivity index (χ1) is 19.8. The Hall–Kier alpha value is -4.49. The van der Waals surface area contributed by atoms with Gasteiger partial charge in [-0.05, 0) is 46.6 Å². The zero-order chi connectivity index (χ0) is 29.4. The Morgan fingerprint density at radius 3 is 2.02 bits per heavy atom. The maximum absolute atomic E-state index is 14.3. The van der Waals surface area contributed by atoms with Crippen molar-refractivity contribution in [3.05, 3.63) is 119 Å². The predicted octanol–water partition coefficient (Wildman–Crippen LogP) is 4.06. The Kier molecular flexibility index (Phi) is 9.87. The van der Waals surface area contributed by atoms with Gasteiger partial charge >= 0.3 is 0 Å². The molecular formula is C34H38N4O3. The zero-order valence-corrected chi connectivity index (χ0v) is 24.1. The highest BCUT2D eigenvalue weighted by Gasteiger charge is 2.35. The summed E-state index contributed by atoms with van der Waals surface area (Å²) in [5, 5.41) is 7.98. The lowest BCUT2D eigenvalue weighted by Gasteiger charge is -2.34. The normalized spacial score (nSPS) is 12.4. The van der Waals surface area contributed by atoms with Gasteiger partial charge in [-0.3, -0.25) is 14.4 Å². The number of fused-ring (bicyclic) bond motifs is 1. The molecule has 41 heavy (non-hydrogen) atoms. The molecule has 0 aliphatic rings. The third-order valence-corrected chi connectivity index (χ3v) is 7.51. The smallest absolute Gasteiger partial charge is 0.254 e. The number of rotatable bonds is 11. The van der Waals surface area contributed by atoms with Crippen molar-refractivity contribution in [1.29, 1.82) is 0 Å². The van der Waals surface area contributed by atoms with Gasteiger partial charge in [0.05, 0.1) is 0 Å². The Balaban J connectivity index is 1.69. The summed E-state index contributed by atoms with van der Waals surface area (Å²) in [7, 11) is 6.73. The van der Waals surface area contributed by atoms with Gasteiger partial charge in [-0.25, -0.2) is 0 Å². The molecule has 3 amide bonds. The Morgan fingerprint density at radius 2 is 1.32 bits per heavy atom. The summed E-state index contributed by atoms with van der Waals surface area (Å²) in [6, 6.07) is 29.6. The Morgan fingerprint density at radius 1 is 0.659 bits per heavy atom. The number of carbonyl (C=O) groups is 3. The summed E-state index contributed by atoms with van der Waals surface area (Å²) >= 11 is 0. The zero-order valence-electron chi connectivity index (χ0n) is 24.1. The van der Waals surface area contributed by atoms with Crippen LogP contribution in [-0.4, -0.2) is 67.8 Å². The van der Waals surface area contributed by atoms with Crippen LogP contribution in [0.1, 0.15) is 27.0 Å². The molecule has 0 aromatic heterocycles. The van der Waals surface area contributed by atoms with Gasteiger partial charge < -0.3 is 20.4 Å². The van der Waals surface area contributed by atoms with Crippen LogP contribution >= 0.6 is 0 Å². The fraction of sp³-hybridized carbons (Fsp3) is 0.265. The first-order valence-corrected chi connectivity index (χ1v) is 13.8. The molecule has 2 N–H and O–H groups in total. The highest BCUT2D eigenvalue weighted by atomic mass is 16.2. The summed E-state index contributed by atoms with van der Waals surface area (Å²) in [4.78, 5) is 44.0. The number of nitrogens with one attached hydrogen (secondary N) is 2. The second-order valence-corrected chi connectivity index (χ2v) is 10.3. The van der Waals surface area contributed by atoms with E-state index in [1.54, 1.807) is 27.2 Å². The molecule has 0 saturated carbocycles. The van der Waals surface area contributed by atoms with Gasteiger partial charge in [-0.2, -0.15) is 0 Å². The first kappa shape index (κ1) is 29.5. The van der Waals surface area contributed by atoms with Crippen LogP contribution in [-0.2, 0) is 29.0 Å². The molecule has 2 atom stereocenters. The summed E-state index contributed by atoms with van der Waals surface area (Å²) in [6.45, 7) is 0.625. The molecule has 0 aliphatic carbocycles. The fourth-order valence-electron chi connectivity index (χ4n) is 5.14. The molecule has 7 nitrogen and oxygen atoms in total. The monoisotopic (exact) mass is 550 g/mol. The van der Waals surface area contributed by atoms with Gasteiger partial charge in [0.1, 0.15) is 12.1 Å². The highest BCUT2D eigenvalue weighted by Crippen LogP contribution is 2.21. The molecule has 0 heterocycles. The number of benzene rings is 4. The van der Waals surface area contributed by atoms with E-state index in [1.807, 2.05) is 92.0 Å². The molecule has 4 aromatic rings. The van der Waals surface area contributed by atoms with Crippen LogP contribution in [0.25, 0.3) is 10.8 Å². The number of likely N-dealkylation sites (N-methyl/N-ethyl adjacent to an activating group) is 3. The van der Waals surface area contributed by atoms with E-state index < -0.39 is 12.1 Å². The molecule has 0 spiro atoms. The van der Waals surface area contributed by atoms with Crippen molar-refractivity contribution >= 4 is 28.5 Å². The van der Waals surface area contributed by atoms with E-state index in [1.165, 1.54) is 9.80 Å². The minimum atomic E-state index is -0.829. The lowest BCUT2D eigenvalue weighted by Crippen LogP contribution is -2.55. The Labute approximate surface area is 242 Å². The molecular weight excluding hydrogens is 512 g/mol. The van der Waals surface area contributed by atoms with Gasteiger partial charge in [0.25, 0.3) is 5.91 Å². The molecule has 0 unspecified atom stereocenters. The van der Waals surface area contributed by atoms with Crippen molar-refractivity contribution in [3.8, 4) is 0 Å². The minimum absolute atomic E-state index is 0.255. The van der Waals surface area contributed by atoms with Crippen molar-refractivity contribution in [3.63, 3.8) is 0 Å². The van der Waals surface area contributed by atoms with E-state index in [2.05, 4.69) is 16.7 Å². The predicted molar refractivity (Wildman–Crippen MR) is 164 cm³/mol. The SMILES string of the molecule is CNCc1cccc(C(=O)N(C)[C@H](Cc2ccc3ccccc3c2)C(=O)N(C)[C@H](Cc2ccccc2)C(=O)NC)c1. The van der Waals surface area contributed by atoms with Crippen molar-refractivity contribution in [2.24, 2.45) is 0 Å². The Bertz CT molecular complexity index is 1500.